The van der Waals surface area contributed by atoms with Crippen LogP contribution in [-0.4, -0.2) is 47.6 Å². The van der Waals surface area contributed by atoms with Gasteiger partial charge in [0.15, 0.2) is 0 Å². The van der Waals surface area contributed by atoms with Gasteiger partial charge in [-0.1, -0.05) is 6.92 Å². The molecule has 0 unspecified atom stereocenters. The van der Waals surface area contributed by atoms with Gasteiger partial charge in [-0.25, -0.2) is 4.79 Å². The number of amides is 1. The first-order valence-corrected chi connectivity index (χ1v) is 5.39. The van der Waals surface area contributed by atoms with Gasteiger partial charge in [0.2, 0.25) is 5.91 Å². The molecule has 86 valence electrons. The third-order valence-corrected chi connectivity index (χ3v) is 2.62. The van der Waals surface area contributed by atoms with Crippen molar-refractivity contribution in [3.63, 3.8) is 0 Å². The Hall–Kier alpha value is -1.10. The average molecular weight is 214 g/mol. The highest BCUT2D eigenvalue weighted by Crippen LogP contribution is 2.18. The van der Waals surface area contributed by atoms with Crippen molar-refractivity contribution in [2.75, 3.05) is 19.6 Å². The number of likely N-dealkylation sites (tertiary alicyclic amines) is 1. The SMILES string of the molecule is CCNCCC(=O)N1CCC[C@@H]1C(=O)O. The first kappa shape index (κ1) is 12.0. The molecule has 1 saturated heterocycles. The lowest BCUT2D eigenvalue weighted by atomic mass is 10.2. The van der Waals surface area contributed by atoms with Crippen LogP contribution in [0.1, 0.15) is 26.2 Å². The van der Waals surface area contributed by atoms with Gasteiger partial charge in [-0.15, -0.1) is 0 Å². The second kappa shape index (κ2) is 5.70. The van der Waals surface area contributed by atoms with E-state index < -0.39 is 12.0 Å². The Kier molecular flexibility index (Phi) is 4.55. The fourth-order valence-electron chi connectivity index (χ4n) is 1.84. The van der Waals surface area contributed by atoms with Crippen LogP contribution in [0.2, 0.25) is 0 Å². The largest absolute Gasteiger partial charge is 0.480 e. The van der Waals surface area contributed by atoms with E-state index in [-0.39, 0.29) is 5.91 Å². The van der Waals surface area contributed by atoms with Gasteiger partial charge in [-0.2, -0.15) is 0 Å². The summed E-state index contributed by atoms with van der Waals surface area (Å²) in [7, 11) is 0. The molecule has 1 heterocycles. The van der Waals surface area contributed by atoms with Gasteiger partial charge in [0, 0.05) is 19.5 Å². The van der Waals surface area contributed by atoms with E-state index in [0.29, 0.717) is 25.9 Å². The Labute approximate surface area is 89.4 Å². The predicted octanol–water partition coefficient (Wildman–Crippen LogP) is 0.0616. The number of carboxylic acids is 1. The van der Waals surface area contributed by atoms with Gasteiger partial charge in [0.05, 0.1) is 0 Å². The number of nitrogens with zero attached hydrogens (tertiary/aromatic N) is 1. The Morgan fingerprint density at radius 3 is 2.87 bits per heavy atom. The number of nitrogens with one attached hydrogen (secondary N) is 1. The summed E-state index contributed by atoms with van der Waals surface area (Å²) < 4.78 is 0. The molecule has 0 aromatic heterocycles. The first-order chi connectivity index (χ1) is 7.16. The highest BCUT2D eigenvalue weighted by Gasteiger charge is 2.33. The van der Waals surface area contributed by atoms with Gasteiger partial charge in [-0.05, 0) is 19.4 Å². The van der Waals surface area contributed by atoms with Crippen LogP contribution in [0.15, 0.2) is 0 Å². The molecule has 1 amide bonds. The highest BCUT2D eigenvalue weighted by molar-refractivity contribution is 5.84. The summed E-state index contributed by atoms with van der Waals surface area (Å²) in [5.41, 5.74) is 0. The zero-order valence-electron chi connectivity index (χ0n) is 9.03. The highest BCUT2D eigenvalue weighted by atomic mass is 16.4. The van der Waals surface area contributed by atoms with Gasteiger partial charge in [0.25, 0.3) is 0 Å². The summed E-state index contributed by atoms with van der Waals surface area (Å²) in [6.07, 6.45) is 1.77. The van der Waals surface area contributed by atoms with Crippen LogP contribution in [0.3, 0.4) is 0 Å². The van der Waals surface area contributed by atoms with E-state index in [1.54, 1.807) is 0 Å². The van der Waals surface area contributed by atoms with Gasteiger partial charge in [0.1, 0.15) is 6.04 Å². The number of carbonyl (C=O) groups excluding carboxylic acids is 1. The maximum Gasteiger partial charge on any atom is 0.326 e. The minimum Gasteiger partial charge on any atom is -0.480 e. The van der Waals surface area contributed by atoms with E-state index in [1.165, 1.54) is 4.90 Å². The quantitative estimate of drug-likeness (QED) is 0.635. The van der Waals surface area contributed by atoms with Crippen molar-refractivity contribution in [1.29, 1.82) is 0 Å². The third-order valence-electron chi connectivity index (χ3n) is 2.62. The topological polar surface area (TPSA) is 69.6 Å². The normalized spacial score (nSPS) is 20.6. The van der Waals surface area contributed by atoms with Crippen molar-refractivity contribution in [3.8, 4) is 0 Å². The lowest BCUT2D eigenvalue weighted by Gasteiger charge is -2.21. The van der Waals surface area contributed by atoms with E-state index >= 15 is 0 Å². The van der Waals surface area contributed by atoms with E-state index in [0.717, 1.165) is 13.0 Å². The Morgan fingerprint density at radius 1 is 1.53 bits per heavy atom. The fourth-order valence-corrected chi connectivity index (χ4v) is 1.84. The molecule has 5 heteroatoms. The van der Waals surface area contributed by atoms with Crippen LogP contribution in [-0.2, 0) is 9.59 Å². The standard InChI is InChI=1S/C10H18N2O3/c1-2-11-6-5-9(13)12-7-3-4-8(12)10(14)15/h8,11H,2-7H2,1H3,(H,14,15)/t8-/m1/s1. The van der Waals surface area contributed by atoms with Crippen LogP contribution in [0, 0.1) is 0 Å². The smallest absolute Gasteiger partial charge is 0.326 e. The number of hydrogen-bond donors (Lipinski definition) is 2. The molecule has 0 aromatic carbocycles. The maximum absolute atomic E-state index is 11.7. The number of carboxylic acid groups (broad SMARTS) is 1. The Balaban J connectivity index is 2.40. The minimum atomic E-state index is -0.885. The zero-order chi connectivity index (χ0) is 11.3. The molecule has 0 spiro atoms. The number of carbonyl (C=O) groups is 2. The van der Waals surface area contributed by atoms with Crippen molar-refractivity contribution < 1.29 is 14.7 Å². The zero-order valence-corrected chi connectivity index (χ0v) is 9.03. The number of rotatable bonds is 5. The lowest BCUT2D eigenvalue weighted by Crippen LogP contribution is -2.41. The number of hydrogen-bond acceptors (Lipinski definition) is 3. The molecule has 0 bridgehead atoms. The second-order valence-electron chi connectivity index (χ2n) is 3.69. The van der Waals surface area contributed by atoms with Crippen LogP contribution in [0.4, 0.5) is 0 Å². The molecule has 0 saturated carbocycles. The molecule has 0 radical (unpaired) electrons. The molecule has 0 aliphatic carbocycles. The fraction of sp³-hybridized carbons (Fsp3) is 0.800. The summed E-state index contributed by atoms with van der Waals surface area (Å²) in [4.78, 5) is 24.0. The molecule has 1 fully saturated rings. The lowest BCUT2D eigenvalue weighted by molar-refractivity contribution is -0.148. The van der Waals surface area contributed by atoms with E-state index in [2.05, 4.69) is 5.32 Å². The van der Waals surface area contributed by atoms with Crippen molar-refractivity contribution in [1.82, 2.24) is 10.2 Å². The predicted molar refractivity (Wildman–Crippen MR) is 55.5 cm³/mol. The molecular formula is C10H18N2O3. The van der Waals surface area contributed by atoms with Crippen molar-refractivity contribution in [2.24, 2.45) is 0 Å². The molecule has 1 aliphatic rings. The van der Waals surface area contributed by atoms with Gasteiger partial charge in [-0.3, -0.25) is 4.79 Å². The Bertz CT molecular complexity index is 243. The minimum absolute atomic E-state index is 0.0548. The first-order valence-electron chi connectivity index (χ1n) is 5.39. The second-order valence-corrected chi connectivity index (χ2v) is 3.69. The van der Waals surface area contributed by atoms with E-state index in [1.807, 2.05) is 6.92 Å². The summed E-state index contributed by atoms with van der Waals surface area (Å²) in [5.74, 6) is -0.940. The summed E-state index contributed by atoms with van der Waals surface area (Å²) in [6.45, 7) is 4.01. The molecule has 5 nitrogen and oxygen atoms in total. The molecular weight excluding hydrogens is 196 g/mol. The van der Waals surface area contributed by atoms with E-state index in [4.69, 9.17) is 5.11 Å². The molecule has 1 rings (SSSR count). The van der Waals surface area contributed by atoms with Crippen molar-refractivity contribution in [2.45, 2.75) is 32.2 Å². The van der Waals surface area contributed by atoms with Gasteiger partial charge < -0.3 is 15.3 Å². The van der Waals surface area contributed by atoms with Gasteiger partial charge >= 0.3 is 5.97 Å². The molecule has 15 heavy (non-hydrogen) atoms. The van der Waals surface area contributed by atoms with Crippen LogP contribution < -0.4 is 5.32 Å². The van der Waals surface area contributed by atoms with Crippen LogP contribution in [0.25, 0.3) is 0 Å². The molecule has 1 aliphatic heterocycles. The Morgan fingerprint density at radius 2 is 2.27 bits per heavy atom. The average Bonchev–Trinajstić information content (AvgIpc) is 2.66. The van der Waals surface area contributed by atoms with E-state index in [9.17, 15) is 9.59 Å². The molecule has 2 N–H and O–H groups in total. The maximum atomic E-state index is 11.7. The number of aliphatic carboxylic acids is 1. The van der Waals surface area contributed by atoms with Crippen molar-refractivity contribution in [3.05, 3.63) is 0 Å². The van der Waals surface area contributed by atoms with Crippen LogP contribution in [0.5, 0.6) is 0 Å². The summed E-state index contributed by atoms with van der Waals surface area (Å²) in [5, 5.41) is 11.9. The monoisotopic (exact) mass is 214 g/mol. The van der Waals surface area contributed by atoms with Crippen LogP contribution >= 0.6 is 0 Å². The van der Waals surface area contributed by atoms with Crippen molar-refractivity contribution >= 4 is 11.9 Å². The molecule has 1 atom stereocenters. The molecule has 0 aromatic rings. The third kappa shape index (κ3) is 3.20. The summed E-state index contributed by atoms with van der Waals surface area (Å²) in [6, 6.07) is -0.598. The summed E-state index contributed by atoms with van der Waals surface area (Å²) >= 11 is 0.